The fourth-order valence-corrected chi connectivity index (χ4v) is 2.55. The molecule has 19 heavy (non-hydrogen) atoms. The minimum absolute atomic E-state index is 0.128. The zero-order valence-electron chi connectivity index (χ0n) is 11.0. The Morgan fingerprint density at radius 3 is 2.95 bits per heavy atom. The van der Waals surface area contributed by atoms with Crippen molar-refractivity contribution in [3.63, 3.8) is 0 Å². The first-order chi connectivity index (χ1) is 9.24. The number of hydrogen-bond acceptors (Lipinski definition) is 2. The Bertz CT molecular complexity index is 622. The van der Waals surface area contributed by atoms with Gasteiger partial charge in [-0.25, -0.2) is 0 Å². The summed E-state index contributed by atoms with van der Waals surface area (Å²) in [5.41, 5.74) is 4.22. The van der Waals surface area contributed by atoms with Gasteiger partial charge in [-0.2, -0.15) is 0 Å². The van der Waals surface area contributed by atoms with Gasteiger partial charge < -0.3 is 4.90 Å². The van der Waals surface area contributed by atoms with E-state index in [0.29, 0.717) is 6.54 Å². The maximum Gasteiger partial charge on any atom is 0.254 e. The van der Waals surface area contributed by atoms with Crippen LogP contribution in [-0.4, -0.2) is 22.3 Å². The molecule has 0 radical (unpaired) electrons. The van der Waals surface area contributed by atoms with Crippen LogP contribution in [0.3, 0.4) is 0 Å². The molecule has 0 spiro atoms. The van der Waals surface area contributed by atoms with Gasteiger partial charge in [-0.15, -0.1) is 0 Å². The summed E-state index contributed by atoms with van der Waals surface area (Å²) in [7, 11) is 0. The van der Waals surface area contributed by atoms with Crippen LogP contribution in [0, 0.1) is 6.92 Å². The van der Waals surface area contributed by atoms with E-state index in [0.717, 1.165) is 35.2 Å². The van der Waals surface area contributed by atoms with Crippen LogP contribution in [0.2, 0.25) is 0 Å². The second kappa shape index (κ2) is 4.84. The number of carbonyl (C=O) groups is 1. The lowest BCUT2D eigenvalue weighted by atomic mass is 9.99. The molecule has 3 heteroatoms. The Labute approximate surface area is 112 Å². The molecule has 2 aromatic rings. The molecule has 1 aliphatic heterocycles. The third-order valence-corrected chi connectivity index (χ3v) is 3.49. The number of carbonyl (C=O) groups excluding carboxylic acids is 1. The number of pyridine rings is 1. The number of amides is 1. The summed E-state index contributed by atoms with van der Waals surface area (Å²) < 4.78 is 0. The van der Waals surface area contributed by atoms with Crippen molar-refractivity contribution in [3.05, 3.63) is 65.0 Å². The fraction of sp³-hybridized carbons (Fsp3) is 0.250. The Kier molecular flexibility index (Phi) is 3.03. The molecule has 0 saturated heterocycles. The Morgan fingerprint density at radius 1 is 1.26 bits per heavy atom. The van der Waals surface area contributed by atoms with Crippen molar-refractivity contribution in [2.75, 3.05) is 6.54 Å². The fourth-order valence-electron chi connectivity index (χ4n) is 2.55. The van der Waals surface area contributed by atoms with E-state index in [1.54, 1.807) is 0 Å². The zero-order valence-corrected chi connectivity index (χ0v) is 11.0. The largest absolute Gasteiger partial charge is 0.334 e. The first kappa shape index (κ1) is 11.9. The van der Waals surface area contributed by atoms with E-state index in [9.17, 15) is 4.79 Å². The molecule has 2 heterocycles. The first-order valence-corrected chi connectivity index (χ1v) is 6.52. The highest BCUT2D eigenvalue weighted by Crippen LogP contribution is 2.20. The molecule has 0 unspecified atom stereocenters. The van der Waals surface area contributed by atoms with Gasteiger partial charge in [0.2, 0.25) is 0 Å². The topological polar surface area (TPSA) is 33.2 Å². The number of aryl methyl sites for hydroxylation is 1. The lowest BCUT2D eigenvalue weighted by Gasteiger charge is -2.28. The van der Waals surface area contributed by atoms with E-state index in [2.05, 4.69) is 11.1 Å². The highest BCUT2D eigenvalue weighted by atomic mass is 16.2. The van der Waals surface area contributed by atoms with E-state index >= 15 is 0 Å². The molecule has 0 saturated carbocycles. The summed E-state index contributed by atoms with van der Waals surface area (Å²) in [6, 6.07) is 9.96. The van der Waals surface area contributed by atoms with Gasteiger partial charge in [0.15, 0.2) is 0 Å². The molecule has 1 aliphatic rings. The maximum atomic E-state index is 12.4. The average molecular weight is 252 g/mol. The molecule has 3 rings (SSSR count). The van der Waals surface area contributed by atoms with E-state index in [1.165, 1.54) is 0 Å². The summed E-state index contributed by atoms with van der Waals surface area (Å²) in [6.07, 6.45) is 4.60. The van der Waals surface area contributed by atoms with Crippen molar-refractivity contribution < 1.29 is 4.79 Å². The number of rotatable bonds is 2. The Balaban J connectivity index is 1.83. The highest BCUT2D eigenvalue weighted by molar-refractivity contribution is 5.96. The maximum absolute atomic E-state index is 12.4. The standard InChI is InChI=1S/C16H16N2O/c1-12-8-13(10-17-9-12)11-18-7-6-14-4-2-3-5-15(14)16(18)19/h2-5,8-10H,6-7,11H2,1H3. The number of fused-ring (bicyclic) bond motifs is 1. The lowest BCUT2D eigenvalue weighted by Crippen LogP contribution is -2.37. The van der Waals surface area contributed by atoms with E-state index < -0.39 is 0 Å². The molecule has 1 amide bonds. The van der Waals surface area contributed by atoms with Crippen molar-refractivity contribution in [3.8, 4) is 0 Å². The van der Waals surface area contributed by atoms with Gasteiger partial charge in [0, 0.05) is 31.0 Å². The second-order valence-corrected chi connectivity index (χ2v) is 5.00. The van der Waals surface area contributed by atoms with Crippen LogP contribution in [0.4, 0.5) is 0 Å². The van der Waals surface area contributed by atoms with Crippen LogP contribution < -0.4 is 0 Å². The third-order valence-electron chi connectivity index (χ3n) is 3.49. The highest BCUT2D eigenvalue weighted by Gasteiger charge is 2.23. The summed E-state index contributed by atoms with van der Waals surface area (Å²) in [5, 5.41) is 0. The first-order valence-electron chi connectivity index (χ1n) is 6.52. The predicted molar refractivity (Wildman–Crippen MR) is 73.9 cm³/mol. The molecule has 96 valence electrons. The summed E-state index contributed by atoms with van der Waals surface area (Å²) in [4.78, 5) is 18.5. The Hall–Kier alpha value is -2.16. The summed E-state index contributed by atoms with van der Waals surface area (Å²) in [5.74, 6) is 0.128. The van der Waals surface area contributed by atoms with Gasteiger partial charge in [0.1, 0.15) is 0 Å². The van der Waals surface area contributed by atoms with Gasteiger partial charge in [-0.3, -0.25) is 9.78 Å². The van der Waals surface area contributed by atoms with Crippen LogP contribution >= 0.6 is 0 Å². The SMILES string of the molecule is Cc1cncc(CN2CCc3ccccc3C2=O)c1. The molecule has 0 fully saturated rings. The molecule has 1 aromatic carbocycles. The lowest BCUT2D eigenvalue weighted by molar-refractivity contribution is 0.0727. The van der Waals surface area contributed by atoms with Crippen molar-refractivity contribution in [1.29, 1.82) is 0 Å². The monoisotopic (exact) mass is 252 g/mol. The van der Waals surface area contributed by atoms with E-state index in [4.69, 9.17) is 0 Å². The van der Waals surface area contributed by atoms with Crippen LogP contribution in [0.1, 0.15) is 27.0 Å². The van der Waals surface area contributed by atoms with Gasteiger partial charge in [-0.05, 0) is 36.1 Å². The van der Waals surface area contributed by atoms with Crippen LogP contribution in [0.15, 0.2) is 42.7 Å². The zero-order chi connectivity index (χ0) is 13.2. The molecule has 3 nitrogen and oxygen atoms in total. The number of aromatic nitrogens is 1. The van der Waals surface area contributed by atoms with Crippen LogP contribution in [-0.2, 0) is 13.0 Å². The van der Waals surface area contributed by atoms with Crippen molar-refractivity contribution in [1.82, 2.24) is 9.88 Å². The predicted octanol–water partition coefficient (Wildman–Crippen LogP) is 2.59. The van der Waals surface area contributed by atoms with Crippen molar-refractivity contribution in [2.24, 2.45) is 0 Å². The van der Waals surface area contributed by atoms with Crippen molar-refractivity contribution in [2.45, 2.75) is 19.9 Å². The quantitative estimate of drug-likeness (QED) is 0.823. The number of hydrogen-bond donors (Lipinski definition) is 0. The molecule has 0 atom stereocenters. The second-order valence-electron chi connectivity index (χ2n) is 5.00. The number of nitrogens with zero attached hydrogens (tertiary/aromatic N) is 2. The molecule has 0 bridgehead atoms. The molecule has 0 N–H and O–H groups in total. The molecule has 1 aromatic heterocycles. The summed E-state index contributed by atoms with van der Waals surface area (Å²) in [6.45, 7) is 3.44. The third kappa shape index (κ3) is 2.36. The number of benzene rings is 1. The molecular weight excluding hydrogens is 236 g/mol. The Morgan fingerprint density at radius 2 is 2.11 bits per heavy atom. The van der Waals surface area contributed by atoms with E-state index in [1.807, 2.05) is 48.5 Å². The van der Waals surface area contributed by atoms with Gasteiger partial charge >= 0.3 is 0 Å². The van der Waals surface area contributed by atoms with Gasteiger partial charge in [0.05, 0.1) is 0 Å². The van der Waals surface area contributed by atoms with Gasteiger partial charge in [-0.1, -0.05) is 24.3 Å². The minimum Gasteiger partial charge on any atom is -0.334 e. The van der Waals surface area contributed by atoms with E-state index in [-0.39, 0.29) is 5.91 Å². The smallest absolute Gasteiger partial charge is 0.254 e. The van der Waals surface area contributed by atoms with Crippen LogP contribution in [0.5, 0.6) is 0 Å². The van der Waals surface area contributed by atoms with Crippen LogP contribution in [0.25, 0.3) is 0 Å². The minimum atomic E-state index is 0.128. The summed E-state index contributed by atoms with van der Waals surface area (Å²) >= 11 is 0. The van der Waals surface area contributed by atoms with Crippen molar-refractivity contribution >= 4 is 5.91 Å². The normalized spacial score (nSPS) is 14.4. The average Bonchev–Trinajstić information content (AvgIpc) is 2.42. The van der Waals surface area contributed by atoms with Gasteiger partial charge in [0.25, 0.3) is 5.91 Å². The molecular formula is C16H16N2O. The molecule has 0 aliphatic carbocycles.